The standard InChI is InChI=1S/C25H26F3N9O3/c1-13(33-18(38)12-39-2)10-32-24-30-9-8-16(35-24)19-20(17-11-31-21(29)23(34-17)40-3)37-22(36-19)14-4-6-15(7-5-14)25(26,27)28/h4-9,11,13H,10,12H2,1-3H3,(H2,29,31)(H,33,38)(H,36,37)(H,30,32,35). The third-order valence-electron chi connectivity index (χ3n) is 5.55. The van der Waals surface area contributed by atoms with Gasteiger partial charge in [0.05, 0.1) is 30.3 Å². The number of anilines is 2. The van der Waals surface area contributed by atoms with Gasteiger partial charge in [-0.2, -0.15) is 13.2 Å². The number of carbonyl (C=O) groups excluding carboxylic acids is 1. The minimum absolute atomic E-state index is 0.0565. The Morgan fingerprint density at radius 3 is 2.50 bits per heavy atom. The number of halogens is 3. The number of amides is 1. The molecule has 0 aliphatic heterocycles. The van der Waals surface area contributed by atoms with Crippen LogP contribution in [0.4, 0.5) is 24.9 Å². The molecule has 0 aliphatic carbocycles. The Labute approximate surface area is 226 Å². The maximum Gasteiger partial charge on any atom is 0.416 e. The molecule has 5 N–H and O–H groups in total. The highest BCUT2D eigenvalue weighted by Crippen LogP contribution is 2.34. The minimum atomic E-state index is -4.47. The second-order valence-electron chi connectivity index (χ2n) is 8.58. The summed E-state index contributed by atoms with van der Waals surface area (Å²) in [5, 5.41) is 5.83. The lowest BCUT2D eigenvalue weighted by Crippen LogP contribution is -2.39. The molecule has 12 nitrogen and oxygen atoms in total. The van der Waals surface area contributed by atoms with E-state index in [0.717, 1.165) is 12.1 Å². The van der Waals surface area contributed by atoms with Gasteiger partial charge in [0.2, 0.25) is 11.9 Å². The SMILES string of the molecule is COCC(=O)NC(C)CNc1nccc(-c2[nH]c(-c3ccc(C(F)(F)F)cc3)nc2-c2cnc(N)c(OC)n2)n1. The summed E-state index contributed by atoms with van der Waals surface area (Å²) in [6.07, 6.45) is -1.54. The maximum absolute atomic E-state index is 13.1. The lowest BCUT2D eigenvalue weighted by molar-refractivity contribution is -0.137. The van der Waals surface area contributed by atoms with Crippen molar-refractivity contribution in [3.05, 3.63) is 48.3 Å². The molecule has 1 amide bonds. The summed E-state index contributed by atoms with van der Waals surface area (Å²) in [7, 11) is 2.82. The summed E-state index contributed by atoms with van der Waals surface area (Å²) in [5.41, 5.74) is 6.86. The third kappa shape index (κ3) is 6.61. The largest absolute Gasteiger partial charge is 0.478 e. The summed E-state index contributed by atoms with van der Waals surface area (Å²) in [5.74, 6) is 0.440. The summed E-state index contributed by atoms with van der Waals surface area (Å²) in [6, 6.07) is 5.96. The fraction of sp³-hybridized carbons (Fsp3) is 0.280. The number of hydrogen-bond donors (Lipinski definition) is 4. The van der Waals surface area contributed by atoms with Crippen LogP contribution >= 0.6 is 0 Å². The number of ether oxygens (including phenoxy) is 2. The lowest BCUT2D eigenvalue weighted by Gasteiger charge is -2.14. The van der Waals surface area contributed by atoms with E-state index in [4.69, 9.17) is 15.2 Å². The van der Waals surface area contributed by atoms with E-state index in [1.165, 1.54) is 38.7 Å². The second kappa shape index (κ2) is 11.9. The van der Waals surface area contributed by atoms with Crippen LogP contribution in [0.1, 0.15) is 12.5 Å². The molecular weight excluding hydrogens is 531 g/mol. The number of nitrogens with zero attached hydrogens (tertiary/aromatic N) is 5. The second-order valence-corrected chi connectivity index (χ2v) is 8.58. The van der Waals surface area contributed by atoms with Crippen molar-refractivity contribution >= 4 is 17.7 Å². The quantitative estimate of drug-likeness (QED) is 0.227. The number of hydrogen-bond acceptors (Lipinski definition) is 10. The first-order valence-corrected chi connectivity index (χ1v) is 11.9. The van der Waals surface area contributed by atoms with Crippen molar-refractivity contribution in [1.29, 1.82) is 0 Å². The van der Waals surface area contributed by atoms with Gasteiger partial charge in [-0.25, -0.2) is 24.9 Å². The van der Waals surface area contributed by atoms with Gasteiger partial charge in [-0.3, -0.25) is 4.79 Å². The number of nitrogens with one attached hydrogen (secondary N) is 3. The molecule has 0 saturated heterocycles. The number of nitrogens with two attached hydrogens (primary N) is 1. The Morgan fingerprint density at radius 2 is 1.82 bits per heavy atom. The number of H-pyrrole nitrogens is 1. The van der Waals surface area contributed by atoms with Gasteiger partial charge in [0.15, 0.2) is 5.82 Å². The van der Waals surface area contributed by atoms with Crippen LogP contribution in [-0.4, -0.2) is 69.2 Å². The van der Waals surface area contributed by atoms with Crippen molar-refractivity contribution in [1.82, 2.24) is 35.2 Å². The highest BCUT2D eigenvalue weighted by Gasteiger charge is 2.30. The predicted molar refractivity (Wildman–Crippen MR) is 140 cm³/mol. The molecule has 4 aromatic rings. The number of rotatable bonds is 10. The van der Waals surface area contributed by atoms with Crippen LogP contribution in [0.25, 0.3) is 34.2 Å². The van der Waals surface area contributed by atoms with Crippen LogP contribution < -0.4 is 21.1 Å². The molecule has 1 aromatic carbocycles. The predicted octanol–water partition coefficient (Wildman–Crippen LogP) is 3.16. The van der Waals surface area contributed by atoms with Gasteiger partial charge in [-0.05, 0) is 25.1 Å². The van der Waals surface area contributed by atoms with Gasteiger partial charge < -0.3 is 30.8 Å². The van der Waals surface area contributed by atoms with Gasteiger partial charge in [-0.15, -0.1) is 0 Å². The van der Waals surface area contributed by atoms with E-state index in [1.54, 1.807) is 13.0 Å². The summed E-state index contributed by atoms with van der Waals surface area (Å²) >= 11 is 0. The van der Waals surface area contributed by atoms with Crippen LogP contribution in [-0.2, 0) is 15.7 Å². The Kier molecular flexibility index (Phi) is 8.43. The Morgan fingerprint density at radius 1 is 1.07 bits per heavy atom. The average Bonchev–Trinajstić information content (AvgIpc) is 3.38. The zero-order valence-electron chi connectivity index (χ0n) is 21.7. The monoisotopic (exact) mass is 557 g/mol. The molecule has 40 heavy (non-hydrogen) atoms. The van der Waals surface area contributed by atoms with Gasteiger partial charge in [0.1, 0.15) is 23.8 Å². The summed E-state index contributed by atoms with van der Waals surface area (Å²) < 4.78 is 49.2. The molecule has 0 radical (unpaired) electrons. The normalized spacial score (nSPS) is 12.2. The number of carbonyl (C=O) groups is 1. The van der Waals surface area contributed by atoms with E-state index in [9.17, 15) is 18.0 Å². The van der Waals surface area contributed by atoms with Crippen molar-refractivity contribution in [2.75, 3.05) is 38.4 Å². The van der Waals surface area contributed by atoms with E-state index in [0.29, 0.717) is 29.2 Å². The molecule has 0 bridgehead atoms. The molecule has 0 aliphatic rings. The molecular formula is C25H26F3N9O3. The molecule has 0 saturated carbocycles. The van der Waals surface area contributed by atoms with Crippen molar-refractivity contribution in [3.8, 4) is 40.0 Å². The molecule has 3 heterocycles. The molecule has 0 spiro atoms. The Balaban J connectivity index is 1.69. The highest BCUT2D eigenvalue weighted by atomic mass is 19.4. The van der Waals surface area contributed by atoms with Crippen molar-refractivity contribution in [3.63, 3.8) is 0 Å². The lowest BCUT2D eigenvalue weighted by atomic mass is 10.1. The van der Waals surface area contributed by atoms with Crippen molar-refractivity contribution < 1.29 is 27.4 Å². The Hall–Kier alpha value is -4.79. The number of aromatic nitrogens is 6. The molecule has 1 atom stereocenters. The third-order valence-corrected chi connectivity index (χ3v) is 5.55. The number of nitrogen functional groups attached to an aromatic ring is 1. The van der Waals surface area contributed by atoms with E-state index in [-0.39, 0.29) is 47.7 Å². The number of benzene rings is 1. The number of aromatic amines is 1. The zero-order valence-corrected chi connectivity index (χ0v) is 21.7. The number of alkyl halides is 3. The van der Waals surface area contributed by atoms with Crippen LogP contribution in [0.5, 0.6) is 5.88 Å². The van der Waals surface area contributed by atoms with E-state index < -0.39 is 11.7 Å². The van der Waals surface area contributed by atoms with Crippen LogP contribution in [0.3, 0.4) is 0 Å². The average molecular weight is 558 g/mol. The smallest absolute Gasteiger partial charge is 0.416 e. The van der Waals surface area contributed by atoms with E-state index >= 15 is 0 Å². The van der Waals surface area contributed by atoms with Crippen LogP contribution in [0, 0.1) is 0 Å². The minimum Gasteiger partial charge on any atom is -0.478 e. The van der Waals surface area contributed by atoms with Crippen LogP contribution in [0.15, 0.2) is 42.7 Å². The topological polar surface area (TPSA) is 166 Å². The molecule has 210 valence electrons. The molecule has 1 unspecified atom stereocenters. The Bertz CT molecular complexity index is 1480. The van der Waals surface area contributed by atoms with Crippen LogP contribution in [0.2, 0.25) is 0 Å². The number of imidazole rings is 1. The maximum atomic E-state index is 13.1. The van der Waals surface area contributed by atoms with E-state index in [2.05, 4.69) is 40.5 Å². The first kappa shape index (κ1) is 28.2. The molecule has 15 heteroatoms. The van der Waals surface area contributed by atoms with Gasteiger partial charge in [-0.1, -0.05) is 12.1 Å². The van der Waals surface area contributed by atoms with Crippen molar-refractivity contribution in [2.24, 2.45) is 0 Å². The fourth-order valence-electron chi connectivity index (χ4n) is 3.67. The molecule has 0 fully saturated rings. The molecule has 3 aromatic heterocycles. The van der Waals surface area contributed by atoms with E-state index in [1.807, 2.05) is 0 Å². The summed E-state index contributed by atoms with van der Waals surface area (Å²) in [4.78, 5) is 36.7. The number of methoxy groups -OCH3 is 2. The van der Waals surface area contributed by atoms with Gasteiger partial charge >= 0.3 is 6.18 Å². The van der Waals surface area contributed by atoms with Gasteiger partial charge in [0, 0.05) is 31.5 Å². The highest BCUT2D eigenvalue weighted by molar-refractivity contribution is 5.79. The molecule has 4 rings (SSSR count). The first-order valence-electron chi connectivity index (χ1n) is 11.9. The zero-order chi connectivity index (χ0) is 28.9. The fourth-order valence-corrected chi connectivity index (χ4v) is 3.67. The van der Waals surface area contributed by atoms with Crippen molar-refractivity contribution in [2.45, 2.75) is 19.1 Å². The first-order chi connectivity index (χ1) is 19.1. The van der Waals surface area contributed by atoms with Gasteiger partial charge in [0.25, 0.3) is 5.88 Å². The summed E-state index contributed by atoms with van der Waals surface area (Å²) in [6.45, 7) is 2.08.